The van der Waals surface area contributed by atoms with Crippen molar-refractivity contribution in [2.45, 2.75) is 26.4 Å². The van der Waals surface area contributed by atoms with Crippen LogP contribution in [0.3, 0.4) is 0 Å². The number of ketones is 1. The lowest BCUT2D eigenvalue weighted by Gasteiger charge is -2.16. The Labute approximate surface area is 105 Å². The first-order chi connectivity index (χ1) is 8.28. The summed E-state index contributed by atoms with van der Waals surface area (Å²) in [7, 11) is 0. The van der Waals surface area contributed by atoms with Gasteiger partial charge in [0.05, 0.1) is 0 Å². The molecule has 0 spiro atoms. The lowest BCUT2D eigenvalue weighted by atomic mass is 10.1. The number of halogens is 1. The maximum Gasteiger partial charge on any atom is 0.385 e. The highest BCUT2D eigenvalue weighted by Crippen LogP contribution is 2.06. The maximum atomic E-state index is 12.9. The van der Waals surface area contributed by atoms with Gasteiger partial charge in [0, 0.05) is 11.5 Å². The Bertz CT molecular complexity index is 530. The van der Waals surface area contributed by atoms with Crippen LogP contribution in [-0.4, -0.2) is 17.4 Å². The summed E-state index contributed by atoms with van der Waals surface area (Å²) >= 11 is 0. The molecule has 0 N–H and O–H groups in total. The molecule has 0 aromatic heterocycles. The average Bonchev–Trinajstić information content (AvgIpc) is 2.23. The van der Waals surface area contributed by atoms with Crippen LogP contribution in [0.2, 0.25) is 0 Å². The molecule has 1 aromatic rings. The Kier molecular flexibility index (Phi) is 4.22. The largest absolute Gasteiger partial charge is 0.450 e. The van der Waals surface area contributed by atoms with Crippen LogP contribution in [0.4, 0.5) is 4.39 Å². The van der Waals surface area contributed by atoms with Gasteiger partial charge in [-0.2, -0.15) is 0 Å². The van der Waals surface area contributed by atoms with Gasteiger partial charge in [-0.15, -0.1) is 0 Å². The smallest absolute Gasteiger partial charge is 0.385 e. The van der Waals surface area contributed by atoms with Gasteiger partial charge in [-0.05, 0) is 38.8 Å². The third-order valence-electron chi connectivity index (χ3n) is 1.76. The van der Waals surface area contributed by atoms with Crippen LogP contribution < -0.4 is 0 Å². The predicted octanol–water partition coefficient (Wildman–Crippen LogP) is 2.35. The van der Waals surface area contributed by atoms with Crippen LogP contribution in [0.15, 0.2) is 24.3 Å². The third kappa shape index (κ3) is 4.79. The van der Waals surface area contributed by atoms with E-state index in [1.807, 2.05) is 0 Å². The van der Waals surface area contributed by atoms with E-state index in [9.17, 15) is 14.0 Å². The van der Waals surface area contributed by atoms with Crippen LogP contribution in [0.1, 0.15) is 31.1 Å². The highest BCUT2D eigenvalue weighted by molar-refractivity contribution is 6.11. The number of carbonyl (C=O) groups excluding carboxylic acids is 2. The Morgan fingerprint density at radius 2 is 1.89 bits per heavy atom. The number of Topliss-reactive ketones (excluding diaryl/α,β-unsaturated/α-hetero) is 1. The number of hydrogen-bond acceptors (Lipinski definition) is 3. The molecule has 1 rings (SSSR count). The van der Waals surface area contributed by atoms with Crippen molar-refractivity contribution in [1.82, 2.24) is 0 Å². The van der Waals surface area contributed by atoms with Gasteiger partial charge in [-0.1, -0.05) is 12.1 Å². The van der Waals surface area contributed by atoms with Crippen molar-refractivity contribution in [3.05, 3.63) is 35.6 Å². The van der Waals surface area contributed by atoms with E-state index in [0.717, 1.165) is 6.07 Å². The first kappa shape index (κ1) is 13.9. The fraction of sp³-hybridized carbons (Fsp3) is 0.286. The van der Waals surface area contributed by atoms with E-state index in [2.05, 4.69) is 11.8 Å². The predicted molar refractivity (Wildman–Crippen MR) is 64.4 cm³/mol. The zero-order valence-electron chi connectivity index (χ0n) is 10.4. The van der Waals surface area contributed by atoms with Crippen molar-refractivity contribution in [2.75, 3.05) is 0 Å². The van der Waals surface area contributed by atoms with Gasteiger partial charge >= 0.3 is 5.97 Å². The van der Waals surface area contributed by atoms with Gasteiger partial charge in [-0.3, -0.25) is 4.79 Å². The van der Waals surface area contributed by atoms with Gasteiger partial charge in [0.25, 0.3) is 0 Å². The number of esters is 1. The summed E-state index contributed by atoms with van der Waals surface area (Å²) in [5.41, 5.74) is -0.556. The van der Waals surface area contributed by atoms with E-state index in [4.69, 9.17) is 4.74 Å². The molecule has 0 radical (unpaired) electrons. The molecule has 0 heterocycles. The second kappa shape index (κ2) is 5.46. The quantitative estimate of drug-likeness (QED) is 0.252. The Hall–Kier alpha value is -2.15. The second-order valence-electron chi connectivity index (χ2n) is 4.59. The van der Waals surface area contributed by atoms with E-state index in [1.54, 1.807) is 20.8 Å². The Balaban J connectivity index is 2.75. The van der Waals surface area contributed by atoms with E-state index < -0.39 is 23.2 Å². The molecule has 0 fully saturated rings. The summed E-state index contributed by atoms with van der Waals surface area (Å²) in [6.45, 7) is 5.09. The molecule has 0 saturated carbocycles. The zero-order valence-corrected chi connectivity index (χ0v) is 10.4. The third-order valence-corrected chi connectivity index (χ3v) is 1.76. The van der Waals surface area contributed by atoms with Crippen molar-refractivity contribution in [3.8, 4) is 11.8 Å². The molecule has 0 atom stereocenters. The molecule has 94 valence electrons. The van der Waals surface area contributed by atoms with Crippen LogP contribution in [0.5, 0.6) is 0 Å². The van der Waals surface area contributed by atoms with Crippen LogP contribution in [0.25, 0.3) is 0 Å². The number of hydrogen-bond donors (Lipinski definition) is 0. The maximum absolute atomic E-state index is 12.9. The number of carbonyl (C=O) groups is 2. The van der Waals surface area contributed by atoms with Crippen molar-refractivity contribution in [1.29, 1.82) is 0 Å². The molecular formula is C14H13FO3. The molecule has 0 aliphatic carbocycles. The first-order valence-corrected chi connectivity index (χ1v) is 5.33. The number of ether oxygens (including phenoxy) is 1. The van der Waals surface area contributed by atoms with Gasteiger partial charge < -0.3 is 4.74 Å². The topological polar surface area (TPSA) is 43.4 Å². The summed E-state index contributed by atoms with van der Waals surface area (Å²) in [5, 5.41) is 0. The van der Waals surface area contributed by atoms with Crippen LogP contribution >= 0.6 is 0 Å². The molecule has 0 aliphatic rings. The van der Waals surface area contributed by atoms with Gasteiger partial charge in [0.1, 0.15) is 11.4 Å². The van der Waals surface area contributed by atoms with Crippen molar-refractivity contribution in [2.24, 2.45) is 0 Å². The normalized spacial score (nSPS) is 10.2. The Morgan fingerprint density at radius 1 is 1.22 bits per heavy atom. The van der Waals surface area contributed by atoms with E-state index in [1.165, 1.54) is 18.2 Å². The fourth-order valence-electron chi connectivity index (χ4n) is 1.11. The van der Waals surface area contributed by atoms with Gasteiger partial charge in [0.2, 0.25) is 5.78 Å². The summed E-state index contributed by atoms with van der Waals surface area (Å²) in [4.78, 5) is 22.8. The average molecular weight is 248 g/mol. The van der Waals surface area contributed by atoms with Crippen molar-refractivity contribution in [3.63, 3.8) is 0 Å². The Morgan fingerprint density at radius 3 is 2.44 bits per heavy atom. The van der Waals surface area contributed by atoms with Crippen LogP contribution in [0, 0.1) is 17.7 Å². The molecule has 0 bridgehead atoms. The van der Waals surface area contributed by atoms with Crippen LogP contribution in [-0.2, 0) is 9.53 Å². The molecule has 1 aromatic carbocycles. The molecule has 18 heavy (non-hydrogen) atoms. The SMILES string of the molecule is CC(C)(C)OC(=O)C#CC(=O)c1cccc(F)c1. The standard InChI is InChI=1S/C14H13FO3/c1-14(2,3)18-13(17)8-7-12(16)10-5-4-6-11(15)9-10/h4-6,9H,1-3H3. The first-order valence-electron chi connectivity index (χ1n) is 5.33. The monoisotopic (exact) mass is 248 g/mol. The number of rotatable bonds is 1. The molecule has 0 saturated heterocycles. The van der Waals surface area contributed by atoms with Crippen molar-refractivity contribution < 1.29 is 18.7 Å². The summed E-state index contributed by atoms with van der Waals surface area (Å²) < 4.78 is 17.8. The molecule has 0 unspecified atom stereocenters. The van der Waals surface area contributed by atoms with E-state index >= 15 is 0 Å². The summed E-state index contributed by atoms with van der Waals surface area (Å²) in [6.07, 6.45) is 0. The second-order valence-corrected chi connectivity index (χ2v) is 4.59. The van der Waals surface area contributed by atoms with Gasteiger partial charge in [0.15, 0.2) is 0 Å². The minimum absolute atomic E-state index is 0.103. The highest BCUT2D eigenvalue weighted by Gasteiger charge is 2.14. The van der Waals surface area contributed by atoms with Crippen molar-refractivity contribution >= 4 is 11.8 Å². The lowest BCUT2D eigenvalue weighted by molar-refractivity contribution is -0.147. The highest BCUT2D eigenvalue weighted by atomic mass is 19.1. The lowest BCUT2D eigenvalue weighted by Crippen LogP contribution is -2.22. The fourth-order valence-corrected chi connectivity index (χ4v) is 1.11. The molecule has 3 nitrogen and oxygen atoms in total. The minimum atomic E-state index is -0.785. The number of benzene rings is 1. The summed E-state index contributed by atoms with van der Waals surface area (Å²) in [6, 6.07) is 5.11. The van der Waals surface area contributed by atoms with E-state index in [-0.39, 0.29) is 5.56 Å². The molecule has 4 heteroatoms. The molecular weight excluding hydrogens is 235 g/mol. The molecule has 0 aliphatic heterocycles. The van der Waals surface area contributed by atoms with E-state index in [0.29, 0.717) is 0 Å². The zero-order chi connectivity index (χ0) is 13.8. The van der Waals surface area contributed by atoms with Gasteiger partial charge in [-0.25, -0.2) is 9.18 Å². The summed E-state index contributed by atoms with van der Waals surface area (Å²) in [5.74, 6) is 2.25. The molecule has 0 amide bonds. The minimum Gasteiger partial charge on any atom is -0.450 e.